The summed E-state index contributed by atoms with van der Waals surface area (Å²) in [6.45, 7) is 3.78. The van der Waals surface area contributed by atoms with Gasteiger partial charge in [-0.25, -0.2) is 0 Å². The first-order valence-electron chi connectivity index (χ1n) is 6.04. The summed E-state index contributed by atoms with van der Waals surface area (Å²) in [6, 6.07) is 5.51. The fraction of sp³-hybridized carbons (Fsp3) is 0.154. The van der Waals surface area contributed by atoms with Crippen LogP contribution in [0.2, 0.25) is 0 Å². The first-order chi connectivity index (χ1) is 10.0. The maximum Gasteiger partial charge on any atom is 0.270 e. The summed E-state index contributed by atoms with van der Waals surface area (Å²) in [4.78, 5) is 22.2. The number of carbonyl (C=O) groups is 1. The molecule has 0 radical (unpaired) electrons. The molecule has 0 aliphatic carbocycles. The minimum atomic E-state index is -0.546. The van der Waals surface area contributed by atoms with E-state index in [4.69, 9.17) is 0 Å². The highest BCUT2D eigenvalue weighted by atomic mass is 32.1. The molecule has 1 amide bonds. The van der Waals surface area contributed by atoms with Gasteiger partial charge >= 0.3 is 0 Å². The number of benzene rings is 1. The topological polar surface area (TPSA) is 98.0 Å². The van der Waals surface area contributed by atoms with Gasteiger partial charge in [-0.05, 0) is 25.5 Å². The van der Waals surface area contributed by atoms with Gasteiger partial charge < -0.3 is 0 Å². The third kappa shape index (κ3) is 3.48. The largest absolute Gasteiger partial charge is 0.296 e. The van der Waals surface area contributed by atoms with Gasteiger partial charge in [0.1, 0.15) is 5.01 Å². The zero-order valence-corrected chi connectivity index (χ0v) is 12.2. The first-order valence-corrected chi connectivity index (χ1v) is 6.85. The molecule has 21 heavy (non-hydrogen) atoms. The second-order valence-electron chi connectivity index (χ2n) is 4.15. The summed E-state index contributed by atoms with van der Waals surface area (Å²) in [6.07, 6.45) is 1.90. The van der Waals surface area contributed by atoms with Gasteiger partial charge in [-0.3, -0.25) is 20.2 Å². The Morgan fingerprint density at radius 2 is 2.19 bits per heavy atom. The molecule has 0 spiro atoms. The molecule has 1 heterocycles. The van der Waals surface area contributed by atoms with E-state index < -0.39 is 10.8 Å². The lowest BCUT2D eigenvalue weighted by Crippen LogP contribution is -2.11. The van der Waals surface area contributed by atoms with Gasteiger partial charge in [0, 0.05) is 17.7 Å². The molecule has 0 saturated carbocycles. The van der Waals surface area contributed by atoms with Crippen LogP contribution in [0, 0.1) is 10.1 Å². The van der Waals surface area contributed by atoms with E-state index in [0.29, 0.717) is 10.1 Å². The first kappa shape index (κ1) is 14.8. The molecule has 7 nitrogen and oxygen atoms in total. The van der Waals surface area contributed by atoms with Crippen LogP contribution in [0.1, 0.15) is 29.2 Å². The van der Waals surface area contributed by atoms with E-state index >= 15 is 0 Å². The van der Waals surface area contributed by atoms with Crippen molar-refractivity contribution < 1.29 is 9.72 Å². The number of rotatable bonds is 4. The van der Waals surface area contributed by atoms with Crippen molar-refractivity contribution in [3.8, 4) is 0 Å². The van der Waals surface area contributed by atoms with Gasteiger partial charge in [0.05, 0.1) is 4.92 Å². The second kappa shape index (κ2) is 6.23. The van der Waals surface area contributed by atoms with Crippen LogP contribution in [0.25, 0.3) is 5.57 Å². The predicted molar refractivity (Wildman–Crippen MR) is 80.3 cm³/mol. The minimum absolute atomic E-state index is 0.134. The quantitative estimate of drug-likeness (QED) is 0.691. The lowest BCUT2D eigenvalue weighted by Gasteiger charge is -2.00. The monoisotopic (exact) mass is 304 g/mol. The molecule has 0 saturated heterocycles. The molecule has 1 aromatic carbocycles. The Labute approximate surface area is 124 Å². The average molecular weight is 304 g/mol. The fourth-order valence-corrected chi connectivity index (χ4v) is 2.26. The highest BCUT2D eigenvalue weighted by Crippen LogP contribution is 2.23. The molecule has 0 bridgehead atoms. The number of aromatic nitrogens is 2. The van der Waals surface area contributed by atoms with Crippen molar-refractivity contribution in [1.82, 2.24) is 10.2 Å². The van der Waals surface area contributed by atoms with Crippen LogP contribution >= 0.6 is 11.3 Å². The van der Waals surface area contributed by atoms with Crippen molar-refractivity contribution in [2.45, 2.75) is 13.8 Å². The Morgan fingerprint density at radius 3 is 2.86 bits per heavy atom. The Kier molecular flexibility index (Phi) is 4.39. The highest BCUT2D eigenvalue weighted by Gasteiger charge is 2.14. The average Bonchev–Trinajstić information content (AvgIpc) is 2.95. The van der Waals surface area contributed by atoms with E-state index in [9.17, 15) is 14.9 Å². The number of hydrogen-bond acceptors (Lipinski definition) is 6. The van der Waals surface area contributed by atoms with Crippen LogP contribution in [0.15, 0.2) is 30.3 Å². The standard InChI is InChI=1S/C13H12N4O3S/c1-3-8(2)12-15-16-13(21-12)14-11(18)9-5-4-6-10(7-9)17(19)20/h3-7H,1-2H3,(H,14,16,18). The molecule has 0 fully saturated rings. The number of amides is 1. The van der Waals surface area contributed by atoms with Crippen molar-refractivity contribution in [2.24, 2.45) is 0 Å². The van der Waals surface area contributed by atoms with Crippen molar-refractivity contribution in [3.05, 3.63) is 51.0 Å². The number of non-ortho nitro benzene ring substituents is 1. The van der Waals surface area contributed by atoms with E-state index in [1.807, 2.05) is 19.9 Å². The zero-order valence-electron chi connectivity index (χ0n) is 11.4. The van der Waals surface area contributed by atoms with E-state index in [2.05, 4.69) is 15.5 Å². The van der Waals surface area contributed by atoms with E-state index in [1.54, 1.807) is 0 Å². The van der Waals surface area contributed by atoms with E-state index in [1.165, 1.54) is 35.6 Å². The number of allylic oxidation sites excluding steroid dienone is 2. The number of anilines is 1. The summed E-state index contributed by atoms with van der Waals surface area (Å²) >= 11 is 1.24. The minimum Gasteiger partial charge on any atom is -0.296 e. The van der Waals surface area contributed by atoms with Crippen LogP contribution in [0.3, 0.4) is 0 Å². The lowest BCUT2D eigenvalue weighted by atomic mass is 10.2. The van der Waals surface area contributed by atoms with Gasteiger partial charge in [-0.15, -0.1) is 10.2 Å². The van der Waals surface area contributed by atoms with Crippen LogP contribution in [-0.2, 0) is 0 Å². The maximum absolute atomic E-state index is 12.0. The van der Waals surface area contributed by atoms with Crippen molar-refractivity contribution in [2.75, 3.05) is 5.32 Å². The molecule has 0 aliphatic heterocycles. The number of carbonyl (C=O) groups excluding carboxylic acids is 1. The van der Waals surface area contributed by atoms with Gasteiger partial charge in [0.25, 0.3) is 11.6 Å². The lowest BCUT2D eigenvalue weighted by molar-refractivity contribution is -0.384. The number of nitro groups is 1. The summed E-state index contributed by atoms with van der Waals surface area (Å²) in [7, 11) is 0. The van der Waals surface area contributed by atoms with Gasteiger partial charge in [0.2, 0.25) is 5.13 Å². The third-order valence-electron chi connectivity index (χ3n) is 2.73. The molecular weight excluding hydrogens is 292 g/mol. The molecule has 108 valence electrons. The normalized spacial score (nSPS) is 11.2. The highest BCUT2D eigenvalue weighted by molar-refractivity contribution is 7.16. The Hall–Kier alpha value is -2.61. The molecule has 0 unspecified atom stereocenters. The molecule has 8 heteroatoms. The molecular formula is C13H12N4O3S. The van der Waals surface area contributed by atoms with E-state index in [-0.39, 0.29) is 11.3 Å². The molecule has 2 rings (SSSR count). The van der Waals surface area contributed by atoms with Crippen LogP contribution in [0.4, 0.5) is 10.8 Å². The number of hydrogen-bond donors (Lipinski definition) is 1. The fourth-order valence-electron chi connectivity index (χ4n) is 1.49. The molecule has 1 N–H and O–H groups in total. The van der Waals surface area contributed by atoms with Gasteiger partial charge in [-0.1, -0.05) is 23.5 Å². The van der Waals surface area contributed by atoms with Crippen LogP contribution in [0.5, 0.6) is 0 Å². The Balaban J connectivity index is 2.16. The SMILES string of the molecule is CC=C(C)c1nnc(NC(=O)c2cccc([N+](=O)[O-])c2)s1. The summed E-state index contributed by atoms with van der Waals surface area (Å²) in [5.41, 5.74) is 1.03. The van der Waals surface area contributed by atoms with Crippen molar-refractivity contribution in [1.29, 1.82) is 0 Å². The Morgan fingerprint density at radius 1 is 1.43 bits per heavy atom. The predicted octanol–water partition coefficient (Wildman–Crippen LogP) is 3.12. The van der Waals surface area contributed by atoms with Gasteiger partial charge in [0.15, 0.2) is 0 Å². The third-order valence-corrected chi connectivity index (χ3v) is 3.71. The zero-order chi connectivity index (χ0) is 15.4. The molecule has 0 aliphatic rings. The Bertz CT molecular complexity index is 724. The second-order valence-corrected chi connectivity index (χ2v) is 5.12. The maximum atomic E-state index is 12.0. The number of nitrogens with zero attached hydrogens (tertiary/aromatic N) is 3. The van der Waals surface area contributed by atoms with Crippen molar-refractivity contribution >= 4 is 33.6 Å². The molecule has 0 atom stereocenters. The summed E-state index contributed by atoms with van der Waals surface area (Å²) in [5, 5.41) is 22.2. The smallest absolute Gasteiger partial charge is 0.270 e. The molecule has 1 aromatic heterocycles. The van der Waals surface area contributed by atoms with Crippen LogP contribution < -0.4 is 5.32 Å². The summed E-state index contributed by atoms with van der Waals surface area (Å²) in [5.74, 6) is -0.459. The van der Waals surface area contributed by atoms with Gasteiger partial charge in [-0.2, -0.15) is 0 Å². The number of nitro benzene ring substituents is 1. The number of nitrogens with one attached hydrogen (secondary N) is 1. The summed E-state index contributed by atoms with van der Waals surface area (Å²) < 4.78 is 0. The van der Waals surface area contributed by atoms with Crippen molar-refractivity contribution in [3.63, 3.8) is 0 Å². The molecule has 2 aromatic rings. The van der Waals surface area contributed by atoms with E-state index in [0.717, 1.165) is 5.57 Å². The van der Waals surface area contributed by atoms with Crippen LogP contribution in [-0.4, -0.2) is 21.0 Å².